The van der Waals surface area contributed by atoms with E-state index in [2.05, 4.69) is 30.0 Å². The lowest BCUT2D eigenvalue weighted by atomic mass is 9.85. The number of thiophene rings is 1. The highest BCUT2D eigenvalue weighted by molar-refractivity contribution is 7.09. The van der Waals surface area contributed by atoms with Gasteiger partial charge < -0.3 is 0 Å². The van der Waals surface area contributed by atoms with Crippen LogP contribution in [0.1, 0.15) is 49.0 Å². The van der Waals surface area contributed by atoms with Gasteiger partial charge in [0.25, 0.3) is 0 Å². The number of rotatable bonds is 5. The Morgan fingerprint density at radius 2 is 2.00 bits per heavy atom. The Kier molecular flexibility index (Phi) is 4.74. The van der Waals surface area contributed by atoms with Crippen molar-refractivity contribution >= 4 is 11.3 Å². The average Bonchev–Trinajstić information content (AvgIpc) is 3.50. The highest BCUT2D eigenvalue weighted by atomic mass is 32.1. The van der Waals surface area contributed by atoms with E-state index >= 15 is 0 Å². The first kappa shape index (κ1) is 19.4. The zero-order chi connectivity index (χ0) is 20.9. The van der Waals surface area contributed by atoms with Crippen molar-refractivity contribution in [2.24, 2.45) is 0 Å². The maximum atomic E-state index is 12.8. The van der Waals surface area contributed by atoms with Crippen LogP contribution >= 0.6 is 11.3 Å². The van der Waals surface area contributed by atoms with Crippen molar-refractivity contribution in [3.8, 4) is 0 Å². The van der Waals surface area contributed by atoms with Crippen LogP contribution in [0.3, 0.4) is 0 Å². The molecule has 2 aliphatic rings. The number of aromatic nitrogens is 5. The van der Waals surface area contributed by atoms with Crippen LogP contribution in [0.4, 0.5) is 0 Å². The summed E-state index contributed by atoms with van der Waals surface area (Å²) in [5.41, 5.74) is 0.0787. The second kappa shape index (κ2) is 7.31. The monoisotopic (exact) mass is 426 g/mol. The molecular formula is C21H26N6O2S. The molecule has 9 heteroatoms. The van der Waals surface area contributed by atoms with Crippen LogP contribution in [0.25, 0.3) is 0 Å². The summed E-state index contributed by atoms with van der Waals surface area (Å²) in [6.07, 6.45) is 5.86. The molecule has 30 heavy (non-hydrogen) atoms. The van der Waals surface area contributed by atoms with E-state index in [0.29, 0.717) is 19.1 Å². The quantitative estimate of drug-likeness (QED) is 0.582. The summed E-state index contributed by atoms with van der Waals surface area (Å²) in [6, 6.07) is 4.26. The van der Waals surface area contributed by atoms with Gasteiger partial charge in [0, 0.05) is 47.7 Å². The molecule has 3 aromatic heterocycles. The first-order chi connectivity index (χ1) is 14.4. The normalized spacial score (nSPS) is 21.2. The van der Waals surface area contributed by atoms with E-state index in [1.54, 1.807) is 15.9 Å². The minimum absolute atomic E-state index is 0.155. The van der Waals surface area contributed by atoms with E-state index in [9.17, 15) is 9.59 Å². The standard InChI is InChI=1S/C21H26N6O2S/c1-15(2)26-12-16(10-22-26)11-24-7-5-21(14-24)6-8-25-18(28)19(29)27(23-20(21)25)13-17-4-3-9-30-17/h3-4,9-10,12,15H,5-8,11,13-14H2,1-2H3/t21-/m0/s1. The second-order valence-electron chi connectivity index (χ2n) is 8.74. The SMILES string of the molecule is CC(C)n1cc(CN2CC[C@]3(CCn4c3nn(Cc3cccs3)c(=O)c4=O)C2)cn1. The zero-order valence-electron chi connectivity index (χ0n) is 17.3. The van der Waals surface area contributed by atoms with Gasteiger partial charge in [-0.2, -0.15) is 10.2 Å². The Morgan fingerprint density at radius 3 is 2.73 bits per heavy atom. The van der Waals surface area contributed by atoms with Gasteiger partial charge in [0.15, 0.2) is 0 Å². The lowest BCUT2D eigenvalue weighted by Gasteiger charge is -2.23. The largest absolute Gasteiger partial charge is 0.332 e. The van der Waals surface area contributed by atoms with E-state index in [4.69, 9.17) is 5.10 Å². The molecule has 0 unspecified atom stereocenters. The van der Waals surface area contributed by atoms with Crippen LogP contribution in [-0.4, -0.2) is 42.1 Å². The predicted molar refractivity (Wildman–Crippen MR) is 115 cm³/mol. The smallest absolute Gasteiger partial charge is 0.298 e. The van der Waals surface area contributed by atoms with Crippen molar-refractivity contribution in [3.63, 3.8) is 0 Å². The third-order valence-electron chi connectivity index (χ3n) is 6.33. The highest BCUT2D eigenvalue weighted by Crippen LogP contribution is 2.40. The van der Waals surface area contributed by atoms with E-state index in [-0.39, 0.29) is 5.41 Å². The van der Waals surface area contributed by atoms with Crippen molar-refractivity contribution in [2.75, 3.05) is 13.1 Å². The van der Waals surface area contributed by atoms with Gasteiger partial charge in [-0.15, -0.1) is 11.3 Å². The van der Waals surface area contributed by atoms with Crippen LogP contribution in [0.5, 0.6) is 0 Å². The summed E-state index contributed by atoms with van der Waals surface area (Å²) in [7, 11) is 0. The van der Waals surface area contributed by atoms with Gasteiger partial charge in [-0.1, -0.05) is 6.07 Å². The first-order valence-electron chi connectivity index (χ1n) is 10.5. The molecule has 0 bridgehead atoms. The Morgan fingerprint density at radius 1 is 1.17 bits per heavy atom. The third-order valence-corrected chi connectivity index (χ3v) is 7.19. The van der Waals surface area contributed by atoms with Crippen molar-refractivity contribution in [1.82, 2.24) is 29.0 Å². The molecule has 0 amide bonds. The van der Waals surface area contributed by atoms with Crippen molar-refractivity contribution in [1.29, 1.82) is 0 Å². The Labute approximate surface area is 178 Å². The van der Waals surface area contributed by atoms with Crippen LogP contribution in [-0.2, 0) is 25.0 Å². The van der Waals surface area contributed by atoms with E-state index < -0.39 is 11.1 Å². The van der Waals surface area contributed by atoms with E-state index in [1.165, 1.54) is 10.2 Å². The van der Waals surface area contributed by atoms with Gasteiger partial charge in [-0.25, -0.2) is 4.68 Å². The molecule has 0 saturated carbocycles. The molecule has 1 spiro atoms. The molecule has 1 atom stereocenters. The molecular weight excluding hydrogens is 400 g/mol. The molecule has 158 valence electrons. The minimum Gasteiger partial charge on any atom is -0.298 e. The fraction of sp³-hybridized carbons (Fsp3) is 0.524. The van der Waals surface area contributed by atoms with E-state index in [1.807, 2.05) is 28.4 Å². The molecule has 1 fully saturated rings. The molecule has 1 saturated heterocycles. The highest BCUT2D eigenvalue weighted by Gasteiger charge is 2.47. The van der Waals surface area contributed by atoms with Crippen LogP contribution in [0, 0.1) is 0 Å². The first-order valence-corrected chi connectivity index (χ1v) is 11.3. The zero-order valence-corrected chi connectivity index (χ0v) is 18.1. The van der Waals surface area contributed by atoms with Gasteiger partial charge in [-0.05, 0) is 44.7 Å². The summed E-state index contributed by atoms with van der Waals surface area (Å²) in [6.45, 7) is 7.82. The van der Waals surface area contributed by atoms with Gasteiger partial charge in [0.05, 0.1) is 12.7 Å². The second-order valence-corrected chi connectivity index (χ2v) is 9.77. The summed E-state index contributed by atoms with van der Waals surface area (Å²) in [5.74, 6) is 0.782. The van der Waals surface area contributed by atoms with Crippen molar-refractivity contribution in [3.05, 3.63) is 66.9 Å². The summed E-state index contributed by atoms with van der Waals surface area (Å²) in [5, 5.41) is 11.1. The van der Waals surface area contributed by atoms with Crippen molar-refractivity contribution < 1.29 is 0 Å². The molecule has 5 rings (SSSR count). The van der Waals surface area contributed by atoms with Gasteiger partial charge in [-0.3, -0.25) is 23.7 Å². The molecule has 0 N–H and O–H groups in total. The fourth-order valence-corrected chi connectivity index (χ4v) is 5.40. The average molecular weight is 427 g/mol. The fourth-order valence-electron chi connectivity index (χ4n) is 4.71. The molecule has 3 aromatic rings. The molecule has 0 aromatic carbocycles. The van der Waals surface area contributed by atoms with Gasteiger partial charge >= 0.3 is 11.1 Å². The number of nitrogens with zero attached hydrogens (tertiary/aromatic N) is 6. The predicted octanol–water partition coefficient (Wildman–Crippen LogP) is 1.84. The Bertz CT molecular complexity index is 1180. The number of hydrogen-bond donors (Lipinski definition) is 0. The number of hydrogen-bond acceptors (Lipinski definition) is 6. The molecule has 5 heterocycles. The molecule has 2 aliphatic heterocycles. The lowest BCUT2D eigenvalue weighted by Crippen LogP contribution is -2.45. The summed E-state index contributed by atoms with van der Waals surface area (Å²) >= 11 is 1.57. The number of fused-ring (bicyclic) bond motifs is 2. The minimum atomic E-state index is -0.528. The molecule has 8 nitrogen and oxygen atoms in total. The van der Waals surface area contributed by atoms with Crippen LogP contribution in [0.2, 0.25) is 0 Å². The van der Waals surface area contributed by atoms with Crippen LogP contribution in [0.15, 0.2) is 39.5 Å². The molecule has 0 aliphatic carbocycles. The lowest BCUT2D eigenvalue weighted by molar-refractivity contribution is 0.297. The maximum Gasteiger partial charge on any atom is 0.332 e. The van der Waals surface area contributed by atoms with Gasteiger partial charge in [0.2, 0.25) is 0 Å². The Balaban J connectivity index is 1.41. The van der Waals surface area contributed by atoms with Gasteiger partial charge in [0.1, 0.15) is 5.82 Å². The summed E-state index contributed by atoms with van der Waals surface area (Å²) < 4.78 is 4.96. The van der Waals surface area contributed by atoms with E-state index in [0.717, 1.165) is 43.2 Å². The maximum absolute atomic E-state index is 12.8. The van der Waals surface area contributed by atoms with Crippen molar-refractivity contribution in [2.45, 2.75) is 57.8 Å². The topological polar surface area (TPSA) is 78.0 Å². The third kappa shape index (κ3) is 3.26. The Hall–Kier alpha value is -2.52. The molecule has 0 radical (unpaired) electrons. The van der Waals surface area contributed by atoms with Crippen LogP contribution < -0.4 is 11.1 Å². The summed E-state index contributed by atoms with van der Waals surface area (Å²) in [4.78, 5) is 28.8. The number of likely N-dealkylation sites (tertiary alicyclic amines) is 1.